The predicted octanol–water partition coefficient (Wildman–Crippen LogP) is 2.76. The summed E-state index contributed by atoms with van der Waals surface area (Å²) in [6.07, 6.45) is -3.80. The number of alkyl halides is 2. The van der Waals surface area contributed by atoms with Gasteiger partial charge in [0.2, 0.25) is 0 Å². The fourth-order valence-electron chi connectivity index (χ4n) is 2.22. The van der Waals surface area contributed by atoms with Gasteiger partial charge < -0.3 is 20.1 Å². The number of hydrogen-bond donors (Lipinski definition) is 2. The molecule has 0 radical (unpaired) electrons. The zero-order valence-electron chi connectivity index (χ0n) is 12.7. The third-order valence-electron chi connectivity index (χ3n) is 3.38. The Hall–Kier alpha value is -3.23. The number of hydrogen-bond acceptors (Lipinski definition) is 4. The normalized spacial score (nSPS) is 14.1. The number of carbonyl (C=O) groups is 2. The molecule has 3 rings (SSSR count). The van der Waals surface area contributed by atoms with Gasteiger partial charge in [-0.1, -0.05) is 6.07 Å². The summed E-state index contributed by atoms with van der Waals surface area (Å²) in [5, 5.41) is 4.56. The van der Waals surface area contributed by atoms with Crippen molar-refractivity contribution in [2.24, 2.45) is 0 Å². The Bertz CT molecular complexity index is 870. The van der Waals surface area contributed by atoms with Crippen LogP contribution < -0.4 is 20.1 Å². The summed E-state index contributed by atoms with van der Waals surface area (Å²) in [7, 11) is 1.34. The zero-order chi connectivity index (χ0) is 18.2. The summed E-state index contributed by atoms with van der Waals surface area (Å²) in [6.45, 7) is 0. The van der Waals surface area contributed by atoms with Crippen LogP contribution in [0.3, 0.4) is 0 Å². The van der Waals surface area contributed by atoms with E-state index in [0.717, 1.165) is 12.1 Å². The van der Waals surface area contributed by atoms with Crippen molar-refractivity contribution < 1.29 is 32.2 Å². The minimum absolute atomic E-state index is 0.0511. The first kappa shape index (κ1) is 16.6. The van der Waals surface area contributed by atoms with E-state index in [1.807, 2.05) is 0 Å². The maximum Gasteiger partial charge on any atom is 0.586 e. The molecule has 25 heavy (non-hydrogen) atoms. The van der Waals surface area contributed by atoms with Gasteiger partial charge in [-0.2, -0.15) is 0 Å². The number of rotatable bonds is 3. The van der Waals surface area contributed by atoms with Gasteiger partial charge in [-0.05, 0) is 30.3 Å². The quantitative estimate of drug-likeness (QED) is 0.891. The fourth-order valence-corrected chi connectivity index (χ4v) is 2.22. The zero-order valence-corrected chi connectivity index (χ0v) is 12.7. The van der Waals surface area contributed by atoms with Crippen molar-refractivity contribution in [1.29, 1.82) is 0 Å². The van der Waals surface area contributed by atoms with Crippen LogP contribution in [0.5, 0.6) is 11.5 Å². The number of halogens is 3. The van der Waals surface area contributed by atoms with Crippen LogP contribution in [-0.4, -0.2) is 25.2 Å². The highest BCUT2D eigenvalue weighted by molar-refractivity contribution is 6.05. The molecule has 130 valence electrons. The summed E-state index contributed by atoms with van der Waals surface area (Å²) < 4.78 is 48.8. The molecule has 1 aliphatic heterocycles. The van der Waals surface area contributed by atoms with E-state index >= 15 is 0 Å². The second kappa shape index (κ2) is 6.00. The second-order valence-electron chi connectivity index (χ2n) is 5.03. The highest BCUT2D eigenvalue weighted by Gasteiger charge is 2.43. The Morgan fingerprint density at radius 3 is 2.48 bits per heavy atom. The van der Waals surface area contributed by atoms with Crippen molar-refractivity contribution >= 4 is 17.5 Å². The largest absolute Gasteiger partial charge is 0.586 e. The molecule has 2 aromatic rings. The molecule has 0 aromatic heterocycles. The van der Waals surface area contributed by atoms with Crippen molar-refractivity contribution in [1.82, 2.24) is 5.32 Å². The molecule has 0 unspecified atom stereocenters. The molecule has 2 aromatic carbocycles. The van der Waals surface area contributed by atoms with E-state index in [1.54, 1.807) is 0 Å². The molecular weight excluding hydrogens is 341 g/mol. The molecule has 1 aliphatic rings. The molecule has 0 bridgehead atoms. The topological polar surface area (TPSA) is 76.7 Å². The van der Waals surface area contributed by atoms with Gasteiger partial charge in [-0.3, -0.25) is 9.59 Å². The Labute approximate surface area is 139 Å². The first-order valence-electron chi connectivity index (χ1n) is 7.02. The van der Waals surface area contributed by atoms with E-state index in [0.29, 0.717) is 0 Å². The monoisotopic (exact) mass is 352 g/mol. The third kappa shape index (κ3) is 3.21. The van der Waals surface area contributed by atoms with Gasteiger partial charge in [-0.15, -0.1) is 8.78 Å². The number of amides is 2. The van der Waals surface area contributed by atoms with Gasteiger partial charge in [0.25, 0.3) is 11.8 Å². The molecule has 1 heterocycles. The van der Waals surface area contributed by atoms with E-state index in [-0.39, 0.29) is 28.3 Å². The molecule has 0 atom stereocenters. The number of benzene rings is 2. The standard InChI is InChI=1S/C16H11F3N2O4/c1-20-15(23)9-3-2-4-10(13(9)17)21-14(22)8-5-6-11-12(7-8)25-16(18,19)24-11/h2-7H,1H3,(H,20,23)(H,21,22). The predicted molar refractivity (Wildman–Crippen MR) is 80.4 cm³/mol. The van der Waals surface area contributed by atoms with Gasteiger partial charge >= 0.3 is 6.29 Å². The molecule has 0 aliphatic carbocycles. The molecular formula is C16H11F3N2O4. The summed E-state index contributed by atoms with van der Waals surface area (Å²) >= 11 is 0. The van der Waals surface area contributed by atoms with Gasteiger partial charge in [0, 0.05) is 12.6 Å². The number of nitrogens with one attached hydrogen (secondary N) is 2. The molecule has 2 amide bonds. The second-order valence-corrected chi connectivity index (χ2v) is 5.03. The highest BCUT2D eigenvalue weighted by Crippen LogP contribution is 2.41. The van der Waals surface area contributed by atoms with Crippen LogP contribution in [0.1, 0.15) is 20.7 Å². The van der Waals surface area contributed by atoms with Gasteiger partial charge in [0.15, 0.2) is 17.3 Å². The number of carbonyl (C=O) groups excluding carboxylic acids is 2. The van der Waals surface area contributed by atoms with Crippen LogP contribution in [0, 0.1) is 5.82 Å². The first-order valence-corrected chi connectivity index (χ1v) is 7.02. The third-order valence-corrected chi connectivity index (χ3v) is 3.38. The minimum atomic E-state index is -3.80. The van der Waals surface area contributed by atoms with E-state index < -0.39 is 23.9 Å². The average Bonchev–Trinajstić information content (AvgIpc) is 2.88. The van der Waals surface area contributed by atoms with Crippen LogP contribution in [-0.2, 0) is 0 Å². The maximum absolute atomic E-state index is 14.3. The lowest BCUT2D eigenvalue weighted by Gasteiger charge is -2.09. The van der Waals surface area contributed by atoms with Crippen LogP contribution in [0.25, 0.3) is 0 Å². The smallest absolute Gasteiger partial charge is 0.395 e. The van der Waals surface area contributed by atoms with Crippen molar-refractivity contribution in [3.63, 3.8) is 0 Å². The van der Waals surface area contributed by atoms with Crippen LogP contribution >= 0.6 is 0 Å². The molecule has 6 nitrogen and oxygen atoms in total. The maximum atomic E-state index is 14.3. The fraction of sp³-hybridized carbons (Fsp3) is 0.125. The van der Waals surface area contributed by atoms with E-state index in [9.17, 15) is 22.8 Å². The lowest BCUT2D eigenvalue weighted by molar-refractivity contribution is -0.286. The molecule has 0 fully saturated rings. The van der Waals surface area contributed by atoms with Crippen molar-refractivity contribution in [3.05, 3.63) is 53.3 Å². The van der Waals surface area contributed by atoms with Crippen molar-refractivity contribution in [3.8, 4) is 11.5 Å². The molecule has 0 saturated carbocycles. The molecule has 0 spiro atoms. The number of anilines is 1. The van der Waals surface area contributed by atoms with Crippen molar-refractivity contribution in [2.75, 3.05) is 12.4 Å². The summed E-state index contributed by atoms with van der Waals surface area (Å²) in [5.41, 5.74) is -0.524. The Balaban J connectivity index is 1.84. The van der Waals surface area contributed by atoms with Crippen molar-refractivity contribution in [2.45, 2.75) is 6.29 Å². The van der Waals surface area contributed by atoms with Gasteiger partial charge in [-0.25, -0.2) is 4.39 Å². The van der Waals surface area contributed by atoms with Crippen LogP contribution in [0.15, 0.2) is 36.4 Å². The summed E-state index contributed by atoms with van der Waals surface area (Å²) in [6, 6.07) is 7.32. The lowest BCUT2D eigenvalue weighted by Crippen LogP contribution is -2.25. The number of fused-ring (bicyclic) bond motifs is 1. The van der Waals surface area contributed by atoms with Gasteiger partial charge in [0.05, 0.1) is 11.3 Å². The molecule has 9 heteroatoms. The van der Waals surface area contributed by atoms with E-state index in [2.05, 4.69) is 20.1 Å². The first-order chi connectivity index (χ1) is 11.8. The summed E-state index contributed by atoms with van der Waals surface area (Å²) in [4.78, 5) is 23.8. The summed E-state index contributed by atoms with van der Waals surface area (Å²) in [5.74, 6) is -2.86. The van der Waals surface area contributed by atoms with Crippen LogP contribution in [0.2, 0.25) is 0 Å². The van der Waals surface area contributed by atoms with E-state index in [4.69, 9.17) is 0 Å². The number of ether oxygens (including phenoxy) is 2. The average molecular weight is 352 g/mol. The highest BCUT2D eigenvalue weighted by atomic mass is 19.3. The lowest BCUT2D eigenvalue weighted by atomic mass is 10.1. The van der Waals surface area contributed by atoms with E-state index in [1.165, 1.54) is 31.3 Å². The Kier molecular flexibility index (Phi) is 3.99. The molecule has 2 N–H and O–H groups in total. The van der Waals surface area contributed by atoms with Crippen LogP contribution in [0.4, 0.5) is 18.9 Å². The Morgan fingerprint density at radius 2 is 1.76 bits per heavy atom. The minimum Gasteiger partial charge on any atom is -0.395 e. The van der Waals surface area contributed by atoms with Gasteiger partial charge in [0.1, 0.15) is 0 Å². The SMILES string of the molecule is CNC(=O)c1cccc(NC(=O)c2ccc3c(c2)OC(F)(F)O3)c1F. The Morgan fingerprint density at radius 1 is 1.04 bits per heavy atom. The molecule has 0 saturated heterocycles.